The molecule has 0 amide bonds. The molecule has 4 nitrogen and oxygen atoms in total. The third kappa shape index (κ3) is 1.65. The van der Waals surface area contributed by atoms with Crippen LogP contribution in [0.4, 0.5) is 0 Å². The Balaban J connectivity index is 2.88. The standard InChI is InChI=1S/C8H14N2O2/c1-6-7(5-10-12-6)8(2,11)3-4-9/h5,11H,3-4,9H2,1-2H3. The highest BCUT2D eigenvalue weighted by Crippen LogP contribution is 2.26. The van der Waals surface area contributed by atoms with E-state index in [2.05, 4.69) is 5.16 Å². The van der Waals surface area contributed by atoms with Gasteiger partial charge >= 0.3 is 0 Å². The molecule has 0 fully saturated rings. The van der Waals surface area contributed by atoms with Gasteiger partial charge in [0.1, 0.15) is 5.76 Å². The Morgan fingerprint density at radius 2 is 2.42 bits per heavy atom. The number of aryl methyl sites for hydroxylation is 1. The summed E-state index contributed by atoms with van der Waals surface area (Å²) in [5.41, 5.74) is 5.16. The van der Waals surface area contributed by atoms with Crippen LogP contribution in [0.1, 0.15) is 24.7 Å². The molecule has 0 bridgehead atoms. The maximum absolute atomic E-state index is 9.88. The molecule has 3 N–H and O–H groups in total. The fourth-order valence-corrected chi connectivity index (χ4v) is 1.23. The van der Waals surface area contributed by atoms with Gasteiger partial charge in [0.25, 0.3) is 0 Å². The van der Waals surface area contributed by atoms with Crippen LogP contribution in [-0.4, -0.2) is 16.8 Å². The van der Waals surface area contributed by atoms with Crippen molar-refractivity contribution >= 4 is 0 Å². The van der Waals surface area contributed by atoms with Crippen molar-refractivity contribution in [3.8, 4) is 0 Å². The minimum atomic E-state index is -0.918. The van der Waals surface area contributed by atoms with Gasteiger partial charge in [-0.3, -0.25) is 0 Å². The average Bonchev–Trinajstić information content (AvgIpc) is 2.35. The summed E-state index contributed by atoms with van der Waals surface area (Å²) in [7, 11) is 0. The molecule has 0 spiro atoms. The number of rotatable bonds is 3. The van der Waals surface area contributed by atoms with Crippen LogP contribution in [0.25, 0.3) is 0 Å². The van der Waals surface area contributed by atoms with Crippen LogP contribution in [0, 0.1) is 6.92 Å². The maximum atomic E-state index is 9.88. The number of aliphatic hydroxyl groups is 1. The summed E-state index contributed by atoms with van der Waals surface area (Å²) in [5.74, 6) is 0.647. The van der Waals surface area contributed by atoms with Crippen LogP contribution in [0.2, 0.25) is 0 Å². The molecule has 0 aliphatic heterocycles. The van der Waals surface area contributed by atoms with Gasteiger partial charge in [-0.1, -0.05) is 5.16 Å². The SMILES string of the molecule is Cc1oncc1C(C)(O)CCN. The Kier molecular flexibility index (Phi) is 2.49. The highest BCUT2D eigenvalue weighted by atomic mass is 16.5. The molecule has 0 aromatic carbocycles. The van der Waals surface area contributed by atoms with Gasteiger partial charge in [-0.15, -0.1) is 0 Å². The molecule has 0 radical (unpaired) electrons. The smallest absolute Gasteiger partial charge is 0.139 e. The van der Waals surface area contributed by atoms with Crippen molar-refractivity contribution in [2.24, 2.45) is 5.73 Å². The van der Waals surface area contributed by atoms with E-state index < -0.39 is 5.60 Å². The third-order valence-electron chi connectivity index (χ3n) is 1.96. The molecule has 1 heterocycles. The van der Waals surface area contributed by atoms with Crippen LogP contribution >= 0.6 is 0 Å². The lowest BCUT2D eigenvalue weighted by atomic mass is 9.94. The third-order valence-corrected chi connectivity index (χ3v) is 1.96. The Labute approximate surface area is 71.4 Å². The van der Waals surface area contributed by atoms with Crippen LogP contribution in [0.3, 0.4) is 0 Å². The second-order valence-electron chi connectivity index (χ2n) is 3.11. The van der Waals surface area contributed by atoms with Crippen molar-refractivity contribution in [3.05, 3.63) is 17.5 Å². The van der Waals surface area contributed by atoms with Gasteiger partial charge in [-0.2, -0.15) is 0 Å². The summed E-state index contributed by atoms with van der Waals surface area (Å²) >= 11 is 0. The first-order valence-corrected chi connectivity index (χ1v) is 3.92. The molecule has 1 rings (SSSR count). The van der Waals surface area contributed by atoms with Crippen molar-refractivity contribution < 1.29 is 9.63 Å². The molecular formula is C8H14N2O2. The lowest BCUT2D eigenvalue weighted by Crippen LogP contribution is -2.25. The highest BCUT2D eigenvalue weighted by Gasteiger charge is 2.26. The molecule has 0 aliphatic carbocycles. The number of hydrogen-bond donors (Lipinski definition) is 2. The van der Waals surface area contributed by atoms with E-state index in [1.165, 1.54) is 6.20 Å². The number of nitrogens with zero attached hydrogens (tertiary/aromatic N) is 1. The van der Waals surface area contributed by atoms with E-state index in [1.807, 2.05) is 0 Å². The van der Waals surface area contributed by atoms with E-state index in [-0.39, 0.29) is 0 Å². The molecule has 4 heteroatoms. The summed E-state index contributed by atoms with van der Waals surface area (Å²) in [5, 5.41) is 13.5. The quantitative estimate of drug-likeness (QED) is 0.694. The molecule has 68 valence electrons. The Bertz CT molecular complexity index is 255. The van der Waals surface area contributed by atoms with Crippen molar-refractivity contribution in [1.82, 2.24) is 5.16 Å². The summed E-state index contributed by atoms with van der Waals surface area (Å²) in [4.78, 5) is 0. The highest BCUT2D eigenvalue weighted by molar-refractivity contribution is 5.19. The average molecular weight is 170 g/mol. The van der Waals surface area contributed by atoms with E-state index in [1.54, 1.807) is 13.8 Å². The molecule has 1 aromatic heterocycles. The monoisotopic (exact) mass is 170 g/mol. The molecule has 1 atom stereocenters. The zero-order valence-electron chi connectivity index (χ0n) is 7.37. The topological polar surface area (TPSA) is 72.3 Å². The minimum Gasteiger partial charge on any atom is -0.385 e. The van der Waals surface area contributed by atoms with Crippen molar-refractivity contribution in [2.75, 3.05) is 6.54 Å². The lowest BCUT2D eigenvalue weighted by Gasteiger charge is -2.20. The van der Waals surface area contributed by atoms with Gasteiger partial charge < -0.3 is 15.4 Å². The molecule has 0 aliphatic rings. The predicted molar refractivity (Wildman–Crippen MR) is 44.5 cm³/mol. The van der Waals surface area contributed by atoms with Gasteiger partial charge in [0, 0.05) is 5.56 Å². The van der Waals surface area contributed by atoms with Crippen LogP contribution in [0.15, 0.2) is 10.7 Å². The molecule has 12 heavy (non-hydrogen) atoms. The Morgan fingerprint density at radius 3 is 2.83 bits per heavy atom. The van der Waals surface area contributed by atoms with Crippen molar-refractivity contribution in [1.29, 1.82) is 0 Å². The van der Waals surface area contributed by atoms with Gasteiger partial charge in [0.2, 0.25) is 0 Å². The van der Waals surface area contributed by atoms with Gasteiger partial charge in [0.15, 0.2) is 0 Å². The second-order valence-corrected chi connectivity index (χ2v) is 3.11. The Morgan fingerprint density at radius 1 is 1.75 bits per heavy atom. The maximum Gasteiger partial charge on any atom is 0.139 e. The lowest BCUT2D eigenvalue weighted by molar-refractivity contribution is 0.0489. The van der Waals surface area contributed by atoms with Crippen LogP contribution in [0.5, 0.6) is 0 Å². The zero-order chi connectivity index (χ0) is 9.19. The zero-order valence-corrected chi connectivity index (χ0v) is 7.37. The van der Waals surface area contributed by atoms with Crippen LogP contribution < -0.4 is 5.73 Å². The van der Waals surface area contributed by atoms with E-state index in [0.717, 1.165) is 0 Å². The van der Waals surface area contributed by atoms with E-state index in [9.17, 15) is 5.11 Å². The minimum absolute atomic E-state index is 0.442. The van der Waals surface area contributed by atoms with Gasteiger partial charge in [-0.05, 0) is 26.8 Å². The molecular weight excluding hydrogens is 156 g/mol. The van der Waals surface area contributed by atoms with Gasteiger partial charge in [0.05, 0.1) is 11.8 Å². The summed E-state index contributed by atoms with van der Waals surface area (Å²) < 4.78 is 4.85. The Hall–Kier alpha value is -0.870. The molecule has 0 saturated heterocycles. The van der Waals surface area contributed by atoms with E-state index in [4.69, 9.17) is 10.3 Å². The summed E-state index contributed by atoms with van der Waals surface area (Å²) in [6.45, 7) is 3.92. The molecule has 0 saturated carbocycles. The predicted octanol–water partition coefficient (Wildman–Crippen LogP) is 0.539. The first-order valence-electron chi connectivity index (χ1n) is 3.92. The molecule has 1 unspecified atom stereocenters. The largest absolute Gasteiger partial charge is 0.385 e. The summed E-state index contributed by atoms with van der Waals surface area (Å²) in [6.07, 6.45) is 2.04. The summed E-state index contributed by atoms with van der Waals surface area (Å²) in [6, 6.07) is 0. The normalized spacial score (nSPS) is 16.0. The fourth-order valence-electron chi connectivity index (χ4n) is 1.23. The first kappa shape index (κ1) is 9.22. The van der Waals surface area contributed by atoms with Crippen LogP contribution in [-0.2, 0) is 5.60 Å². The van der Waals surface area contributed by atoms with Gasteiger partial charge in [-0.25, -0.2) is 0 Å². The second kappa shape index (κ2) is 3.25. The number of hydrogen-bond acceptors (Lipinski definition) is 4. The van der Waals surface area contributed by atoms with Crippen molar-refractivity contribution in [3.63, 3.8) is 0 Å². The number of aromatic nitrogens is 1. The molecule has 1 aromatic rings. The number of nitrogens with two attached hydrogens (primary N) is 1. The first-order chi connectivity index (χ1) is 5.58. The van der Waals surface area contributed by atoms with E-state index in [0.29, 0.717) is 24.3 Å². The van der Waals surface area contributed by atoms with Crippen molar-refractivity contribution in [2.45, 2.75) is 25.9 Å². The fraction of sp³-hybridized carbons (Fsp3) is 0.625. The van der Waals surface area contributed by atoms with E-state index >= 15 is 0 Å².